The van der Waals surface area contributed by atoms with Gasteiger partial charge in [0.25, 0.3) is 0 Å². The number of nitrogens with two attached hydrogens (primary N) is 1. The number of carbonyl (C=O) groups excluding carboxylic acids is 1. The molecular formula is C12H19F3N2O2. The smallest absolute Gasteiger partial charge is 0.410 e. The number of likely N-dealkylation sites (tertiary alicyclic amines) is 1. The number of hydrogen-bond acceptors (Lipinski definition) is 3. The van der Waals surface area contributed by atoms with Crippen LogP contribution < -0.4 is 5.73 Å². The van der Waals surface area contributed by atoms with E-state index >= 15 is 0 Å². The first-order chi connectivity index (χ1) is 8.36. The fourth-order valence-electron chi connectivity index (χ4n) is 2.93. The van der Waals surface area contributed by atoms with Crippen molar-refractivity contribution in [2.24, 2.45) is 11.1 Å². The maximum absolute atomic E-state index is 12.6. The summed E-state index contributed by atoms with van der Waals surface area (Å²) < 4.78 is 43.1. The number of carbonyl (C=O) groups is 1. The van der Waals surface area contributed by atoms with Crippen LogP contribution in [0.25, 0.3) is 0 Å². The highest BCUT2D eigenvalue weighted by Gasteiger charge is 2.69. The van der Waals surface area contributed by atoms with Crippen LogP contribution in [0.2, 0.25) is 0 Å². The summed E-state index contributed by atoms with van der Waals surface area (Å²) in [5.41, 5.74) is 2.20. The molecular weight excluding hydrogens is 261 g/mol. The molecule has 2 fully saturated rings. The molecule has 19 heavy (non-hydrogen) atoms. The van der Waals surface area contributed by atoms with Gasteiger partial charge in [-0.15, -0.1) is 0 Å². The van der Waals surface area contributed by atoms with Gasteiger partial charge in [-0.1, -0.05) is 0 Å². The lowest BCUT2D eigenvalue weighted by Crippen LogP contribution is -2.75. The Hall–Kier alpha value is -0.980. The molecule has 0 atom stereocenters. The maximum Gasteiger partial charge on any atom is 0.410 e. The van der Waals surface area contributed by atoms with Gasteiger partial charge in [0, 0.05) is 18.5 Å². The topological polar surface area (TPSA) is 55.6 Å². The van der Waals surface area contributed by atoms with Crippen molar-refractivity contribution in [2.75, 3.05) is 13.1 Å². The first kappa shape index (κ1) is 14.4. The third kappa shape index (κ3) is 2.52. The molecule has 0 radical (unpaired) electrons. The molecule has 2 N–H and O–H groups in total. The summed E-state index contributed by atoms with van der Waals surface area (Å²) in [6.45, 7) is 5.85. The third-order valence-electron chi connectivity index (χ3n) is 3.65. The predicted molar refractivity (Wildman–Crippen MR) is 62.4 cm³/mol. The van der Waals surface area contributed by atoms with Crippen molar-refractivity contribution in [1.82, 2.24) is 4.90 Å². The Balaban J connectivity index is 1.84. The van der Waals surface area contributed by atoms with Crippen molar-refractivity contribution in [1.29, 1.82) is 0 Å². The summed E-state index contributed by atoms with van der Waals surface area (Å²) in [5.74, 6) is 0. The van der Waals surface area contributed by atoms with Crippen LogP contribution in [-0.2, 0) is 4.74 Å². The molecule has 0 aromatic carbocycles. The summed E-state index contributed by atoms with van der Waals surface area (Å²) in [5, 5.41) is 0. The molecule has 4 nitrogen and oxygen atoms in total. The predicted octanol–water partition coefficient (Wildman–Crippen LogP) is 2.28. The zero-order chi connectivity index (χ0) is 14.7. The van der Waals surface area contributed by atoms with Gasteiger partial charge in [-0.3, -0.25) is 0 Å². The van der Waals surface area contributed by atoms with Gasteiger partial charge in [-0.25, -0.2) is 4.79 Å². The number of amides is 1. The molecule has 110 valence electrons. The van der Waals surface area contributed by atoms with Gasteiger partial charge in [0.05, 0.1) is 0 Å². The number of halogens is 3. The van der Waals surface area contributed by atoms with Crippen molar-refractivity contribution in [3.8, 4) is 0 Å². The lowest BCUT2D eigenvalue weighted by molar-refractivity contribution is -0.252. The van der Waals surface area contributed by atoms with Gasteiger partial charge >= 0.3 is 12.3 Å². The monoisotopic (exact) mass is 280 g/mol. The number of alkyl halides is 3. The number of nitrogens with zero attached hydrogens (tertiary/aromatic N) is 1. The average molecular weight is 280 g/mol. The molecule has 1 spiro atoms. The first-order valence-electron chi connectivity index (χ1n) is 6.20. The molecule has 1 heterocycles. The van der Waals surface area contributed by atoms with E-state index in [1.54, 1.807) is 20.8 Å². The van der Waals surface area contributed by atoms with E-state index < -0.39 is 28.8 Å². The molecule has 0 unspecified atom stereocenters. The van der Waals surface area contributed by atoms with E-state index in [4.69, 9.17) is 10.5 Å². The van der Waals surface area contributed by atoms with Crippen LogP contribution in [0.4, 0.5) is 18.0 Å². The molecule has 1 aliphatic heterocycles. The van der Waals surface area contributed by atoms with Crippen molar-refractivity contribution in [3.63, 3.8) is 0 Å². The fraction of sp³-hybridized carbons (Fsp3) is 0.917. The molecule has 0 aromatic rings. The van der Waals surface area contributed by atoms with E-state index in [9.17, 15) is 18.0 Å². The standard InChI is InChI=1S/C12H19F3N2O2/c1-9(2,3)19-8(18)17-6-10(7-17)4-11(16,5-10)12(13,14)15/h4-7,16H2,1-3H3. The van der Waals surface area contributed by atoms with E-state index in [1.807, 2.05) is 0 Å². The zero-order valence-electron chi connectivity index (χ0n) is 11.3. The second-order valence-electron chi connectivity index (χ2n) is 6.84. The van der Waals surface area contributed by atoms with Crippen LogP contribution in [0.5, 0.6) is 0 Å². The van der Waals surface area contributed by atoms with Gasteiger partial charge in [-0.05, 0) is 33.6 Å². The third-order valence-corrected chi connectivity index (χ3v) is 3.65. The zero-order valence-corrected chi connectivity index (χ0v) is 11.3. The Morgan fingerprint density at radius 3 is 2.05 bits per heavy atom. The SMILES string of the molecule is CC(C)(C)OC(=O)N1CC2(C1)CC(N)(C(F)(F)F)C2. The van der Waals surface area contributed by atoms with Gasteiger partial charge in [-0.2, -0.15) is 13.2 Å². The quantitative estimate of drug-likeness (QED) is 0.740. The highest BCUT2D eigenvalue weighted by molar-refractivity contribution is 5.69. The second-order valence-corrected chi connectivity index (χ2v) is 6.84. The minimum Gasteiger partial charge on any atom is -0.444 e. The minimum absolute atomic E-state index is 0.108. The fourth-order valence-corrected chi connectivity index (χ4v) is 2.93. The Bertz CT molecular complexity index is 387. The minimum atomic E-state index is -4.37. The molecule has 7 heteroatoms. The van der Waals surface area contributed by atoms with Crippen LogP contribution in [-0.4, -0.2) is 41.4 Å². The van der Waals surface area contributed by atoms with Gasteiger partial charge in [0.15, 0.2) is 0 Å². The van der Waals surface area contributed by atoms with E-state index in [0.717, 1.165) is 0 Å². The molecule has 1 amide bonds. The molecule has 2 aliphatic rings. The number of hydrogen-bond donors (Lipinski definition) is 1. The van der Waals surface area contributed by atoms with E-state index in [-0.39, 0.29) is 12.8 Å². The van der Waals surface area contributed by atoms with E-state index in [2.05, 4.69) is 0 Å². The Morgan fingerprint density at radius 2 is 1.68 bits per heavy atom. The summed E-state index contributed by atoms with van der Waals surface area (Å²) in [6, 6.07) is 0. The van der Waals surface area contributed by atoms with Crippen LogP contribution in [0, 0.1) is 5.41 Å². The summed E-state index contributed by atoms with van der Waals surface area (Å²) in [6.07, 6.45) is -5.06. The molecule has 1 aliphatic carbocycles. The number of rotatable bonds is 0. The lowest BCUT2D eigenvalue weighted by atomic mass is 9.53. The number of ether oxygens (including phenoxy) is 1. The first-order valence-corrected chi connectivity index (χ1v) is 6.20. The normalized spacial score (nSPS) is 24.7. The summed E-state index contributed by atoms with van der Waals surface area (Å²) in [4.78, 5) is 13.1. The van der Waals surface area contributed by atoms with Crippen molar-refractivity contribution >= 4 is 6.09 Å². The molecule has 2 rings (SSSR count). The summed E-state index contributed by atoms with van der Waals surface area (Å²) >= 11 is 0. The highest BCUT2D eigenvalue weighted by Crippen LogP contribution is 2.58. The lowest BCUT2D eigenvalue weighted by Gasteiger charge is -2.62. The van der Waals surface area contributed by atoms with Gasteiger partial charge in [0.2, 0.25) is 0 Å². The van der Waals surface area contributed by atoms with Crippen LogP contribution in [0.3, 0.4) is 0 Å². The molecule has 1 saturated carbocycles. The molecule has 0 aromatic heterocycles. The van der Waals surface area contributed by atoms with E-state index in [0.29, 0.717) is 13.1 Å². The average Bonchev–Trinajstić information content (AvgIpc) is 2.02. The van der Waals surface area contributed by atoms with Gasteiger partial charge in [0.1, 0.15) is 11.1 Å². The second kappa shape index (κ2) is 3.77. The Labute approximate surface area is 110 Å². The maximum atomic E-state index is 12.6. The van der Waals surface area contributed by atoms with Crippen LogP contribution in [0.1, 0.15) is 33.6 Å². The van der Waals surface area contributed by atoms with Crippen molar-refractivity contribution in [3.05, 3.63) is 0 Å². The Kier molecular flexibility index (Phi) is 2.87. The van der Waals surface area contributed by atoms with Crippen molar-refractivity contribution in [2.45, 2.75) is 50.9 Å². The van der Waals surface area contributed by atoms with E-state index in [1.165, 1.54) is 4.90 Å². The summed E-state index contributed by atoms with van der Waals surface area (Å²) in [7, 11) is 0. The van der Waals surface area contributed by atoms with Crippen molar-refractivity contribution < 1.29 is 22.7 Å². The van der Waals surface area contributed by atoms with Gasteiger partial charge < -0.3 is 15.4 Å². The van der Waals surface area contributed by atoms with Crippen LogP contribution in [0.15, 0.2) is 0 Å². The Morgan fingerprint density at radius 1 is 1.21 bits per heavy atom. The molecule has 1 saturated heterocycles. The molecule has 0 bridgehead atoms. The highest BCUT2D eigenvalue weighted by atomic mass is 19.4. The van der Waals surface area contributed by atoms with Crippen LogP contribution >= 0.6 is 0 Å². The largest absolute Gasteiger partial charge is 0.444 e.